The first-order valence-electron chi connectivity index (χ1n) is 8.85. The minimum absolute atomic E-state index is 0.00243. The monoisotopic (exact) mass is 402 g/mol. The van der Waals surface area contributed by atoms with Gasteiger partial charge in [0.05, 0.1) is 11.6 Å². The summed E-state index contributed by atoms with van der Waals surface area (Å²) in [5.41, 5.74) is 14.1. The highest BCUT2D eigenvalue weighted by atomic mass is 19.4. The number of nitrogens with one attached hydrogen (secondary N) is 2. The molecule has 2 aromatic carbocycles. The number of alkyl halides is 3. The Morgan fingerprint density at radius 1 is 1.00 bits per heavy atom. The van der Waals surface area contributed by atoms with E-state index in [9.17, 15) is 18.4 Å². The molecular formula is C20H17F3N4O2. The molecule has 0 aromatic heterocycles. The van der Waals surface area contributed by atoms with E-state index in [0.717, 1.165) is 5.56 Å². The quantitative estimate of drug-likeness (QED) is 0.730. The molecule has 0 radical (unpaired) electrons. The number of hydrazine groups is 1. The predicted octanol–water partition coefficient (Wildman–Crippen LogP) is 3.18. The van der Waals surface area contributed by atoms with Crippen LogP contribution in [-0.2, 0) is 4.74 Å². The van der Waals surface area contributed by atoms with Crippen LogP contribution in [0.25, 0.3) is 0 Å². The Bertz CT molecular complexity index is 954. The second-order valence-electron chi connectivity index (χ2n) is 6.78. The van der Waals surface area contributed by atoms with Gasteiger partial charge in [-0.25, -0.2) is 10.9 Å². The van der Waals surface area contributed by atoms with Gasteiger partial charge in [0, 0.05) is 11.8 Å². The maximum absolute atomic E-state index is 12.5. The Morgan fingerprint density at radius 2 is 1.69 bits per heavy atom. The first-order valence-corrected chi connectivity index (χ1v) is 8.85. The maximum Gasteiger partial charge on any atom is 0.573 e. The molecular weight excluding hydrogens is 385 g/mol. The van der Waals surface area contributed by atoms with E-state index in [4.69, 9.17) is 10.5 Å². The molecule has 0 spiro atoms. The summed E-state index contributed by atoms with van der Waals surface area (Å²) in [5, 5.41) is 9.70. The molecule has 0 amide bonds. The second-order valence-corrected chi connectivity index (χ2v) is 6.78. The minimum atomic E-state index is -4.77. The smallest absolute Gasteiger partial charge is 0.458 e. The molecule has 0 saturated carbocycles. The van der Waals surface area contributed by atoms with E-state index in [1.54, 1.807) is 0 Å². The lowest BCUT2D eigenvalue weighted by atomic mass is 9.74. The van der Waals surface area contributed by atoms with E-state index < -0.39 is 18.5 Å². The number of hydrogen-bond acceptors (Lipinski definition) is 6. The van der Waals surface area contributed by atoms with Crippen molar-refractivity contribution in [2.45, 2.75) is 24.6 Å². The molecule has 2 heterocycles. The van der Waals surface area contributed by atoms with Gasteiger partial charge in [0.25, 0.3) is 0 Å². The first-order chi connectivity index (χ1) is 13.9. The Morgan fingerprint density at radius 3 is 2.31 bits per heavy atom. The number of ether oxygens (including phenoxy) is 2. The van der Waals surface area contributed by atoms with Crippen molar-refractivity contribution in [3.8, 4) is 11.8 Å². The summed E-state index contributed by atoms with van der Waals surface area (Å²) in [7, 11) is 0. The number of allylic oxidation sites excluding steroid dienone is 1. The SMILES string of the molecule is N#CC1=C(N)OC2NNC(c3ccccc3)C2C1c1ccc(OC(F)(F)F)cc1. The average molecular weight is 402 g/mol. The normalized spacial score (nSPS) is 26.4. The molecule has 4 unspecified atom stereocenters. The van der Waals surface area contributed by atoms with Crippen LogP contribution in [-0.4, -0.2) is 12.6 Å². The van der Waals surface area contributed by atoms with E-state index in [0.29, 0.717) is 5.56 Å². The van der Waals surface area contributed by atoms with Gasteiger partial charge < -0.3 is 15.2 Å². The largest absolute Gasteiger partial charge is 0.573 e. The van der Waals surface area contributed by atoms with Crippen LogP contribution in [0.5, 0.6) is 5.75 Å². The first kappa shape index (κ1) is 19.1. The molecule has 0 bridgehead atoms. The third-order valence-corrected chi connectivity index (χ3v) is 5.08. The molecule has 4 N–H and O–H groups in total. The Labute approximate surface area is 164 Å². The summed E-state index contributed by atoms with van der Waals surface area (Å²) in [6.45, 7) is 0. The van der Waals surface area contributed by atoms with E-state index in [2.05, 4.69) is 21.7 Å². The van der Waals surface area contributed by atoms with Gasteiger partial charge in [-0.05, 0) is 23.3 Å². The third-order valence-electron chi connectivity index (χ3n) is 5.08. The number of nitriles is 1. The van der Waals surface area contributed by atoms with Gasteiger partial charge in [-0.15, -0.1) is 13.2 Å². The van der Waals surface area contributed by atoms with Gasteiger partial charge in [0.2, 0.25) is 5.88 Å². The lowest BCUT2D eigenvalue weighted by Crippen LogP contribution is -2.40. The topological polar surface area (TPSA) is 92.3 Å². The molecule has 6 nitrogen and oxygen atoms in total. The molecule has 2 aliphatic rings. The van der Waals surface area contributed by atoms with Crippen LogP contribution in [0.4, 0.5) is 13.2 Å². The number of rotatable bonds is 3. The second kappa shape index (κ2) is 7.31. The van der Waals surface area contributed by atoms with Gasteiger partial charge in [0.15, 0.2) is 6.23 Å². The van der Waals surface area contributed by atoms with Crippen molar-refractivity contribution >= 4 is 0 Å². The number of halogens is 3. The highest BCUT2D eigenvalue weighted by molar-refractivity contribution is 5.44. The number of benzene rings is 2. The van der Waals surface area contributed by atoms with Crippen LogP contribution in [0.3, 0.4) is 0 Å². The summed E-state index contributed by atoms with van der Waals surface area (Å²) >= 11 is 0. The van der Waals surface area contributed by atoms with Gasteiger partial charge >= 0.3 is 6.36 Å². The van der Waals surface area contributed by atoms with E-state index >= 15 is 0 Å². The van der Waals surface area contributed by atoms with E-state index in [1.165, 1.54) is 24.3 Å². The molecule has 9 heteroatoms. The molecule has 29 heavy (non-hydrogen) atoms. The highest BCUT2D eigenvalue weighted by Crippen LogP contribution is 2.47. The van der Waals surface area contributed by atoms with Crippen molar-refractivity contribution in [1.29, 1.82) is 5.26 Å². The third kappa shape index (κ3) is 3.72. The molecule has 150 valence electrons. The van der Waals surface area contributed by atoms with Gasteiger partial charge in [-0.3, -0.25) is 0 Å². The summed E-state index contributed by atoms with van der Waals surface area (Å²) in [4.78, 5) is 0. The Balaban J connectivity index is 1.73. The minimum Gasteiger partial charge on any atom is -0.458 e. The molecule has 2 aliphatic heterocycles. The van der Waals surface area contributed by atoms with Crippen LogP contribution < -0.4 is 21.3 Å². The summed E-state index contributed by atoms with van der Waals surface area (Å²) < 4.78 is 47.0. The molecule has 1 saturated heterocycles. The van der Waals surface area contributed by atoms with Crippen molar-refractivity contribution in [3.05, 3.63) is 77.2 Å². The fraction of sp³-hybridized carbons (Fsp3) is 0.250. The molecule has 0 aliphatic carbocycles. The molecule has 4 atom stereocenters. The Hall–Kier alpha value is -3.22. The molecule has 1 fully saturated rings. The van der Waals surface area contributed by atoms with Crippen molar-refractivity contribution in [2.24, 2.45) is 11.7 Å². The van der Waals surface area contributed by atoms with Crippen LogP contribution in [0, 0.1) is 17.2 Å². The highest BCUT2D eigenvalue weighted by Gasteiger charge is 2.49. The van der Waals surface area contributed by atoms with Gasteiger partial charge in [-0.2, -0.15) is 5.26 Å². The fourth-order valence-corrected chi connectivity index (χ4v) is 3.92. The van der Waals surface area contributed by atoms with Gasteiger partial charge in [0.1, 0.15) is 11.8 Å². The maximum atomic E-state index is 12.5. The number of fused-ring (bicyclic) bond motifs is 1. The van der Waals surface area contributed by atoms with Crippen molar-refractivity contribution in [3.63, 3.8) is 0 Å². The standard InChI is InChI=1S/C20H17F3N4O2/c21-20(22,23)29-13-8-6-11(7-9-13)15-14(10-24)18(25)28-19-16(15)17(26-27-19)12-4-2-1-3-5-12/h1-9,15-17,19,26-27H,25H2. The molecule has 4 rings (SSSR count). The number of nitrogens with two attached hydrogens (primary N) is 1. The summed E-state index contributed by atoms with van der Waals surface area (Å²) in [6.07, 6.45) is -5.28. The molecule has 2 aromatic rings. The van der Waals surface area contributed by atoms with E-state index in [-0.39, 0.29) is 29.2 Å². The zero-order valence-electron chi connectivity index (χ0n) is 15.0. The van der Waals surface area contributed by atoms with Crippen LogP contribution in [0.15, 0.2) is 66.1 Å². The zero-order valence-corrected chi connectivity index (χ0v) is 15.0. The summed E-state index contributed by atoms with van der Waals surface area (Å²) in [6, 6.07) is 17.0. The van der Waals surface area contributed by atoms with Crippen molar-refractivity contribution < 1.29 is 22.6 Å². The van der Waals surface area contributed by atoms with Crippen LogP contribution >= 0.6 is 0 Å². The lowest BCUT2D eigenvalue weighted by Gasteiger charge is -2.36. The van der Waals surface area contributed by atoms with Crippen molar-refractivity contribution in [2.75, 3.05) is 0 Å². The average Bonchev–Trinajstić information content (AvgIpc) is 3.10. The fourth-order valence-electron chi connectivity index (χ4n) is 3.92. The van der Waals surface area contributed by atoms with Crippen LogP contribution in [0.1, 0.15) is 23.1 Å². The predicted molar refractivity (Wildman–Crippen MR) is 96.5 cm³/mol. The number of nitrogens with zero attached hydrogens (tertiary/aromatic N) is 1. The lowest BCUT2D eigenvalue weighted by molar-refractivity contribution is -0.274. The van der Waals surface area contributed by atoms with Crippen LogP contribution in [0.2, 0.25) is 0 Å². The van der Waals surface area contributed by atoms with E-state index in [1.807, 2.05) is 30.3 Å². The summed E-state index contributed by atoms with van der Waals surface area (Å²) in [5.74, 6) is -1.07. The Kier molecular flexibility index (Phi) is 4.82. The van der Waals surface area contributed by atoms with Crippen molar-refractivity contribution in [1.82, 2.24) is 10.9 Å². The number of hydrogen-bond donors (Lipinski definition) is 3. The van der Waals surface area contributed by atoms with Gasteiger partial charge in [-0.1, -0.05) is 42.5 Å². The zero-order chi connectivity index (χ0) is 20.6.